The zero-order valence-corrected chi connectivity index (χ0v) is 19.9. The topological polar surface area (TPSA) is 62.1 Å². The summed E-state index contributed by atoms with van der Waals surface area (Å²) >= 11 is 3.53. The number of fused-ring (bicyclic) bond motifs is 1. The van der Waals surface area contributed by atoms with Gasteiger partial charge in [0, 0.05) is 11.3 Å². The van der Waals surface area contributed by atoms with Gasteiger partial charge in [0.15, 0.2) is 0 Å². The molecule has 0 aliphatic carbocycles. The van der Waals surface area contributed by atoms with Crippen LogP contribution in [0.4, 0.5) is 10.1 Å². The molecular formula is C28H20BrFN2O2. The summed E-state index contributed by atoms with van der Waals surface area (Å²) in [5.74, 6) is -0.326. The number of anilines is 1. The van der Waals surface area contributed by atoms with Gasteiger partial charge in [-0.2, -0.15) is 5.26 Å². The molecule has 0 unspecified atom stereocenters. The van der Waals surface area contributed by atoms with E-state index in [-0.39, 0.29) is 5.57 Å². The van der Waals surface area contributed by atoms with Crippen LogP contribution in [0.3, 0.4) is 0 Å². The third-order valence-corrected chi connectivity index (χ3v) is 6.00. The monoisotopic (exact) mass is 514 g/mol. The molecule has 0 fully saturated rings. The SMILES string of the molecule is Cc1ccc2ccccc2c1COc1ccc(/C=C(\C#N)C(=O)Nc2ccc(F)cc2)cc1Br. The molecule has 1 amide bonds. The summed E-state index contributed by atoms with van der Waals surface area (Å²) in [5, 5.41) is 14.4. The lowest BCUT2D eigenvalue weighted by atomic mass is 10.0. The number of hydrogen-bond acceptors (Lipinski definition) is 3. The van der Waals surface area contributed by atoms with Crippen LogP contribution in [0, 0.1) is 24.1 Å². The third-order valence-electron chi connectivity index (χ3n) is 5.38. The minimum absolute atomic E-state index is 0.0729. The Kier molecular flexibility index (Phi) is 7.05. The van der Waals surface area contributed by atoms with Crippen LogP contribution in [0.1, 0.15) is 16.7 Å². The average molecular weight is 515 g/mol. The second-order valence-corrected chi connectivity index (χ2v) is 8.55. The second-order valence-electron chi connectivity index (χ2n) is 7.69. The van der Waals surface area contributed by atoms with E-state index in [1.54, 1.807) is 18.2 Å². The molecule has 0 aromatic heterocycles. The van der Waals surface area contributed by atoms with Crippen molar-refractivity contribution in [2.24, 2.45) is 0 Å². The van der Waals surface area contributed by atoms with E-state index >= 15 is 0 Å². The van der Waals surface area contributed by atoms with Gasteiger partial charge in [-0.25, -0.2) is 4.39 Å². The maximum atomic E-state index is 13.1. The van der Waals surface area contributed by atoms with Crippen LogP contribution < -0.4 is 10.1 Å². The minimum atomic E-state index is -0.572. The Morgan fingerprint density at radius 1 is 1.09 bits per heavy atom. The summed E-state index contributed by atoms with van der Waals surface area (Å²) in [7, 11) is 0. The first-order valence-corrected chi connectivity index (χ1v) is 11.3. The van der Waals surface area contributed by atoms with Gasteiger partial charge in [-0.1, -0.05) is 42.5 Å². The lowest BCUT2D eigenvalue weighted by molar-refractivity contribution is -0.112. The summed E-state index contributed by atoms with van der Waals surface area (Å²) in [6.07, 6.45) is 1.49. The number of nitrogens with one attached hydrogen (secondary N) is 1. The Labute approximate surface area is 205 Å². The first kappa shape index (κ1) is 23.2. The van der Waals surface area contributed by atoms with Crippen LogP contribution in [0.25, 0.3) is 16.8 Å². The number of nitriles is 1. The van der Waals surface area contributed by atoms with Gasteiger partial charge in [0.05, 0.1) is 4.47 Å². The summed E-state index contributed by atoms with van der Waals surface area (Å²) < 4.78 is 19.9. The molecule has 0 radical (unpaired) electrons. The standard InChI is InChI=1S/C28H20BrFN2O2/c1-18-6-8-20-4-2-3-5-24(20)25(18)17-34-27-13-7-19(15-26(27)29)14-21(16-31)28(33)32-23-11-9-22(30)10-12-23/h2-15H,17H2,1H3,(H,32,33)/b21-14+. The van der Waals surface area contributed by atoms with Crippen LogP contribution in [-0.2, 0) is 11.4 Å². The van der Waals surface area contributed by atoms with Crippen molar-refractivity contribution in [2.75, 3.05) is 5.32 Å². The van der Waals surface area contributed by atoms with Crippen molar-refractivity contribution in [2.45, 2.75) is 13.5 Å². The number of benzene rings is 4. The summed E-state index contributed by atoms with van der Waals surface area (Å²) in [6, 6.07) is 25.0. The zero-order chi connectivity index (χ0) is 24.1. The Morgan fingerprint density at radius 2 is 1.85 bits per heavy atom. The largest absolute Gasteiger partial charge is 0.488 e. The Hall–Kier alpha value is -3.95. The maximum Gasteiger partial charge on any atom is 0.266 e. The average Bonchev–Trinajstić information content (AvgIpc) is 2.84. The first-order valence-electron chi connectivity index (χ1n) is 10.5. The number of nitrogens with zero attached hydrogens (tertiary/aromatic N) is 1. The number of rotatable bonds is 6. The molecule has 0 spiro atoms. The number of hydrogen-bond donors (Lipinski definition) is 1. The number of amides is 1. The summed E-state index contributed by atoms with van der Waals surface area (Å²) in [4.78, 5) is 12.5. The third kappa shape index (κ3) is 5.33. The number of aryl methyl sites for hydroxylation is 1. The molecule has 0 heterocycles. The molecule has 4 aromatic carbocycles. The van der Waals surface area contributed by atoms with Gasteiger partial charge in [0.2, 0.25) is 0 Å². The van der Waals surface area contributed by atoms with Crippen LogP contribution >= 0.6 is 15.9 Å². The predicted molar refractivity (Wildman–Crippen MR) is 136 cm³/mol. The maximum absolute atomic E-state index is 13.1. The highest BCUT2D eigenvalue weighted by Crippen LogP contribution is 2.30. The predicted octanol–water partition coefficient (Wildman–Crippen LogP) is 7.17. The highest BCUT2D eigenvalue weighted by atomic mass is 79.9. The van der Waals surface area contributed by atoms with Gasteiger partial charge in [-0.15, -0.1) is 0 Å². The zero-order valence-electron chi connectivity index (χ0n) is 18.3. The Balaban J connectivity index is 1.50. The van der Waals surface area contributed by atoms with Crippen LogP contribution in [0.5, 0.6) is 5.75 Å². The molecule has 0 aliphatic rings. The number of carbonyl (C=O) groups excluding carboxylic acids is 1. The van der Waals surface area contributed by atoms with Crippen molar-refractivity contribution in [3.8, 4) is 11.8 Å². The van der Waals surface area contributed by atoms with Crippen molar-refractivity contribution < 1.29 is 13.9 Å². The van der Waals surface area contributed by atoms with E-state index in [2.05, 4.69) is 52.4 Å². The van der Waals surface area contributed by atoms with E-state index in [9.17, 15) is 14.4 Å². The van der Waals surface area contributed by atoms with Crippen molar-refractivity contribution in [1.29, 1.82) is 5.26 Å². The van der Waals surface area contributed by atoms with E-state index in [0.29, 0.717) is 28.1 Å². The molecule has 6 heteroatoms. The smallest absolute Gasteiger partial charge is 0.266 e. The second kappa shape index (κ2) is 10.3. The highest BCUT2D eigenvalue weighted by Gasteiger charge is 2.11. The molecule has 0 aliphatic heterocycles. The van der Waals surface area contributed by atoms with Gasteiger partial charge in [-0.3, -0.25) is 4.79 Å². The molecule has 0 atom stereocenters. The minimum Gasteiger partial charge on any atom is -0.488 e. The van der Waals surface area contributed by atoms with Crippen molar-refractivity contribution in [3.05, 3.63) is 111 Å². The van der Waals surface area contributed by atoms with E-state index < -0.39 is 11.7 Å². The fraction of sp³-hybridized carbons (Fsp3) is 0.0714. The van der Waals surface area contributed by atoms with Crippen LogP contribution in [-0.4, -0.2) is 5.91 Å². The summed E-state index contributed by atoms with van der Waals surface area (Å²) in [5.41, 5.74) is 3.27. The Bertz CT molecular complexity index is 1440. The molecule has 34 heavy (non-hydrogen) atoms. The van der Waals surface area contributed by atoms with E-state index in [0.717, 1.165) is 21.9 Å². The normalized spacial score (nSPS) is 11.2. The summed E-state index contributed by atoms with van der Waals surface area (Å²) in [6.45, 7) is 2.47. The molecule has 0 saturated carbocycles. The van der Waals surface area contributed by atoms with Gasteiger partial charge >= 0.3 is 0 Å². The fourth-order valence-corrected chi connectivity index (χ4v) is 4.07. The molecule has 1 N–H and O–H groups in total. The molecule has 4 rings (SSSR count). The van der Waals surface area contributed by atoms with Crippen molar-refractivity contribution in [3.63, 3.8) is 0 Å². The lowest BCUT2D eigenvalue weighted by Gasteiger charge is -2.13. The molecular weight excluding hydrogens is 495 g/mol. The fourth-order valence-electron chi connectivity index (χ4n) is 3.56. The molecule has 0 bridgehead atoms. The van der Waals surface area contributed by atoms with Crippen molar-refractivity contribution >= 4 is 44.4 Å². The van der Waals surface area contributed by atoms with Crippen molar-refractivity contribution in [1.82, 2.24) is 0 Å². The van der Waals surface area contributed by atoms with Gasteiger partial charge in [0.25, 0.3) is 5.91 Å². The van der Waals surface area contributed by atoms with Crippen LogP contribution in [0.2, 0.25) is 0 Å². The van der Waals surface area contributed by atoms with Crippen LogP contribution in [0.15, 0.2) is 88.9 Å². The van der Waals surface area contributed by atoms with Gasteiger partial charge in [0.1, 0.15) is 29.8 Å². The molecule has 4 aromatic rings. The lowest BCUT2D eigenvalue weighted by Crippen LogP contribution is -2.13. The first-order chi connectivity index (χ1) is 16.4. The van der Waals surface area contributed by atoms with E-state index in [4.69, 9.17) is 4.74 Å². The molecule has 4 nitrogen and oxygen atoms in total. The van der Waals surface area contributed by atoms with Gasteiger partial charge < -0.3 is 10.1 Å². The van der Waals surface area contributed by atoms with E-state index in [1.165, 1.54) is 30.3 Å². The quantitative estimate of drug-likeness (QED) is 0.219. The number of carbonyl (C=O) groups is 1. The Morgan fingerprint density at radius 3 is 2.59 bits per heavy atom. The number of halogens is 2. The van der Waals surface area contributed by atoms with E-state index in [1.807, 2.05) is 18.2 Å². The molecule has 0 saturated heterocycles. The number of ether oxygens (including phenoxy) is 1. The highest BCUT2D eigenvalue weighted by molar-refractivity contribution is 9.10. The molecule has 168 valence electrons. The van der Waals surface area contributed by atoms with Gasteiger partial charge in [-0.05, 0) is 87.2 Å².